The van der Waals surface area contributed by atoms with Crippen LogP contribution >= 0.6 is 0 Å². The number of nitriles is 1. The molecule has 0 radical (unpaired) electrons. The van der Waals surface area contributed by atoms with Crippen molar-refractivity contribution in [2.45, 2.75) is 85.5 Å². The molecule has 0 fully saturated rings. The second kappa shape index (κ2) is 10.8. The van der Waals surface area contributed by atoms with Crippen molar-refractivity contribution in [3.8, 4) is 17.9 Å². The maximum Gasteiger partial charge on any atom is 0.139 e. The van der Waals surface area contributed by atoms with Gasteiger partial charge in [-0.15, -0.1) is 0 Å². The van der Waals surface area contributed by atoms with E-state index >= 15 is 0 Å². The topological polar surface area (TPSA) is 62.7 Å². The van der Waals surface area contributed by atoms with Crippen LogP contribution in [0.1, 0.15) is 95.4 Å². The molecule has 1 aromatic rings. The van der Waals surface area contributed by atoms with Crippen LogP contribution in [0.5, 0.6) is 0 Å². The van der Waals surface area contributed by atoms with Crippen molar-refractivity contribution in [1.29, 1.82) is 5.26 Å². The van der Waals surface area contributed by atoms with Gasteiger partial charge in [0.05, 0.1) is 16.8 Å². The molecule has 0 aliphatic heterocycles. The summed E-state index contributed by atoms with van der Waals surface area (Å²) in [4.78, 5) is 4.18. The first-order valence-electron chi connectivity index (χ1n) is 9.49. The largest absolute Gasteiger partial charge is 0.383 e. The molecular weight excluding hydrogens is 306 g/mol. The maximum absolute atomic E-state index is 9.04. The van der Waals surface area contributed by atoms with E-state index in [1.165, 1.54) is 44.9 Å². The molecule has 0 aliphatic rings. The van der Waals surface area contributed by atoms with E-state index in [4.69, 9.17) is 11.0 Å². The first-order valence-corrected chi connectivity index (χ1v) is 9.49. The molecule has 0 aliphatic carbocycles. The zero-order valence-electron chi connectivity index (χ0n) is 16.4. The summed E-state index contributed by atoms with van der Waals surface area (Å²) in [6, 6.07) is 3.86. The Morgan fingerprint density at radius 2 is 1.60 bits per heavy atom. The van der Waals surface area contributed by atoms with Gasteiger partial charge in [0.25, 0.3) is 0 Å². The molecule has 1 heterocycles. The molecule has 136 valence electrons. The monoisotopic (exact) mass is 339 g/mol. The number of rotatable bonds is 8. The average Bonchev–Trinajstić information content (AvgIpc) is 2.53. The first kappa shape index (κ1) is 21.0. The lowest BCUT2D eigenvalue weighted by atomic mass is 9.89. The predicted octanol–water partition coefficient (Wildman–Crippen LogP) is 5.75. The number of nitrogen functional groups attached to an aromatic ring is 1. The lowest BCUT2D eigenvalue weighted by Gasteiger charge is -2.17. The third kappa shape index (κ3) is 9.16. The normalized spacial score (nSPS) is 10.8. The second-order valence-electron chi connectivity index (χ2n) is 8.00. The highest BCUT2D eigenvalue weighted by Gasteiger charge is 2.08. The zero-order valence-corrected chi connectivity index (χ0v) is 16.4. The Labute approximate surface area is 154 Å². The van der Waals surface area contributed by atoms with Gasteiger partial charge in [-0.3, -0.25) is 0 Å². The van der Waals surface area contributed by atoms with E-state index in [9.17, 15) is 0 Å². The van der Waals surface area contributed by atoms with Crippen molar-refractivity contribution in [3.63, 3.8) is 0 Å². The Hall–Kier alpha value is -2.00. The SMILES string of the molecule is Cc1nc(N)c(C#CCCCCCCCCCC(C)(C)C)cc1C#N. The van der Waals surface area contributed by atoms with E-state index < -0.39 is 0 Å². The van der Waals surface area contributed by atoms with E-state index in [0.717, 1.165) is 12.8 Å². The van der Waals surface area contributed by atoms with Crippen molar-refractivity contribution in [2.75, 3.05) is 5.73 Å². The predicted molar refractivity (Wildman–Crippen MR) is 106 cm³/mol. The van der Waals surface area contributed by atoms with E-state index in [-0.39, 0.29) is 0 Å². The summed E-state index contributed by atoms with van der Waals surface area (Å²) in [5.41, 5.74) is 8.22. The minimum Gasteiger partial charge on any atom is -0.383 e. The summed E-state index contributed by atoms with van der Waals surface area (Å²) in [5, 5.41) is 9.04. The maximum atomic E-state index is 9.04. The lowest BCUT2D eigenvalue weighted by molar-refractivity contribution is 0.356. The summed E-state index contributed by atoms with van der Waals surface area (Å²) in [5.74, 6) is 6.64. The fraction of sp³-hybridized carbons (Fsp3) is 0.636. The number of unbranched alkanes of at least 4 members (excludes halogenated alkanes) is 7. The number of nitrogens with zero attached hydrogens (tertiary/aromatic N) is 2. The quantitative estimate of drug-likeness (QED) is 0.484. The van der Waals surface area contributed by atoms with Gasteiger partial charge in [-0.25, -0.2) is 4.98 Å². The molecule has 3 heteroatoms. The Morgan fingerprint density at radius 3 is 2.20 bits per heavy atom. The molecule has 0 amide bonds. The molecule has 0 saturated carbocycles. The molecular formula is C22H33N3. The summed E-state index contributed by atoms with van der Waals surface area (Å²) in [6.45, 7) is 8.73. The van der Waals surface area contributed by atoms with Gasteiger partial charge in [0.15, 0.2) is 0 Å². The lowest BCUT2D eigenvalue weighted by Crippen LogP contribution is -2.03. The smallest absolute Gasteiger partial charge is 0.139 e. The van der Waals surface area contributed by atoms with E-state index in [1.54, 1.807) is 13.0 Å². The molecule has 0 unspecified atom stereocenters. The minimum atomic E-state index is 0.416. The van der Waals surface area contributed by atoms with Gasteiger partial charge in [-0.1, -0.05) is 71.1 Å². The third-order valence-corrected chi connectivity index (χ3v) is 4.31. The molecule has 25 heavy (non-hydrogen) atoms. The van der Waals surface area contributed by atoms with Gasteiger partial charge < -0.3 is 5.73 Å². The molecule has 1 rings (SSSR count). The summed E-state index contributed by atoms with van der Waals surface area (Å²) < 4.78 is 0. The number of aryl methyl sites for hydroxylation is 1. The van der Waals surface area contributed by atoms with Gasteiger partial charge in [-0.2, -0.15) is 5.26 Å². The molecule has 3 nitrogen and oxygen atoms in total. The molecule has 0 atom stereocenters. The van der Waals surface area contributed by atoms with Crippen molar-refractivity contribution < 1.29 is 0 Å². The van der Waals surface area contributed by atoms with Gasteiger partial charge in [0.1, 0.15) is 11.9 Å². The summed E-state index contributed by atoms with van der Waals surface area (Å²) >= 11 is 0. The van der Waals surface area contributed by atoms with Crippen LogP contribution in [0, 0.1) is 35.5 Å². The Kier molecular flexibility index (Phi) is 9.07. The van der Waals surface area contributed by atoms with Crippen LogP contribution in [0.4, 0.5) is 5.82 Å². The van der Waals surface area contributed by atoms with Gasteiger partial charge >= 0.3 is 0 Å². The highest BCUT2D eigenvalue weighted by molar-refractivity contribution is 5.55. The van der Waals surface area contributed by atoms with Gasteiger partial charge in [0.2, 0.25) is 0 Å². The van der Waals surface area contributed by atoms with Crippen molar-refractivity contribution in [1.82, 2.24) is 4.98 Å². The van der Waals surface area contributed by atoms with Crippen LogP contribution in [0.3, 0.4) is 0 Å². The molecule has 1 aromatic heterocycles. The number of hydrogen-bond donors (Lipinski definition) is 1. The van der Waals surface area contributed by atoms with E-state index in [2.05, 4.69) is 43.7 Å². The summed E-state index contributed by atoms with van der Waals surface area (Å²) in [7, 11) is 0. The molecule has 0 bridgehead atoms. The summed E-state index contributed by atoms with van der Waals surface area (Å²) in [6.07, 6.45) is 11.3. The van der Waals surface area contributed by atoms with E-state index in [0.29, 0.717) is 28.1 Å². The molecule has 0 aromatic carbocycles. The fourth-order valence-electron chi connectivity index (χ4n) is 2.75. The zero-order chi connectivity index (χ0) is 18.7. The van der Waals surface area contributed by atoms with E-state index in [1.807, 2.05) is 0 Å². The van der Waals surface area contributed by atoms with Crippen molar-refractivity contribution >= 4 is 5.82 Å². The molecule has 2 N–H and O–H groups in total. The van der Waals surface area contributed by atoms with Crippen molar-refractivity contribution in [2.24, 2.45) is 5.41 Å². The van der Waals surface area contributed by atoms with Gasteiger partial charge in [-0.05, 0) is 31.2 Å². The van der Waals surface area contributed by atoms with Crippen LogP contribution in [0.2, 0.25) is 0 Å². The van der Waals surface area contributed by atoms with Crippen LogP contribution in [-0.2, 0) is 0 Å². The second-order valence-corrected chi connectivity index (χ2v) is 8.00. The Morgan fingerprint density at radius 1 is 1.00 bits per heavy atom. The number of anilines is 1. The first-order chi connectivity index (χ1) is 11.8. The molecule has 0 spiro atoms. The van der Waals surface area contributed by atoms with Gasteiger partial charge in [0, 0.05) is 6.42 Å². The van der Waals surface area contributed by atoms with Crippen LogP contribution in [0.15, 0.2) is 6.07 Å². The Bertz CT molecular complexity index is 636. The number of pyridine rings is 1. The van der Waals surface area contributed by atoms with Crippen molar-refractivity contribution in [3.05, 3.63) is 22.9 Å². The number of aromatic nitrogens is 1. The third-order valence-electron chi connectivity index (χ3n) is 4.31. The fourth-order valence-corrected chi connectivity index (χ4v) is 2.75. The number of nitrogens with two attached hydrogens (primary N) is 1. The minimum absolute atomic E-state index is 0.416. The highest BCUT2D eigenvalue weighted by Crippen LogP contribution is 2.22. The highest BCUT2D eigenvalue weighted by atomic mass is 14.8. The van der Waals surface area contributed by atoms with Crippen LogP contribution in [-0.4, -0.2) is 4.98 Å². The van der Waals surface area contributed by atoms with Crippen LogP contribution < -0.4 is 5.73 Å². The number of hydrogen-bond acceptors (Lipinski definition) is 3. The standard InChI is InChI=1S/C22H33N3/c1-18-20(17-23)16-19(21(24)25-18)14-12-10-8-6-5-7-9-11-13-15-22(2,3)4/h16H,5-11,13,15H2,1-4H3,(H2,24,25). The molecule has 0 saturated heterocycles. The van der Waals surface area contributed by atoms with Crippen LogP contribution in [0.25, 0.3) is 0 Å². The average molecular weight is 340 g/mol. The Balaban J connectivity index is 2.17.